The van der Waals surface area contributed by atoms with E-state index in [0.717, 1.165) is 11.1 Å². The summed E-state index contributed by atoms with van der Waals surface area (Å²) in [6.07, 6.45) is 3.15. The molecule has 156 valence electrons. The van der Waals surface area contributed by atoms with E-state index < -0.39 is 5.97 Å². The highest BCUT2D eigenvalue weighted by Crippen LogP contribution is 2.15. The summed E-state index contributed by atoms with van der Waals surface area (Å²) in [7, 11) is 0. The Bertz CT molecular complexity index is 1090. The van der Waals surface area contributed by atoms with E-state index in [4.69, 9.17) is 9.47 Å². The molecule has 6 heteroatoms. The van der Waals surface area contributed by atoms with Crippen molar-refractivity contribution in [3.8, 4) is 11.5 Å². The molecule has 0 fully saturated rings. The zero-order valence-electron chi connectivity index (χ0n) is 17.1. The first-order valence-electron chi connectivity index (χ1n) is 9.61. The Labute approximate surface area is 180 Å². The van der Waals surface area contributed by atoms with E-state index in [0.29, 0.717) is 29.2 Å². The Morgan fingerprint density at radius 1 is 0.968 bits per heavy atom. The van der Waals surface area contributed by atoms with Gasteiger partial charge in [-0.05, 0) is 73.2 Å². The Balaban J connectivity index is 1.52. The second kappa shape index (κ2) is 10.5. The minimum absolute atomic E-state index is 0.338. The van der Waals surface area contributed by atoms with Gasteiger partial charge < -0.3 is 9.47 Å². The topological polar surface area (TPSA) is 77.0 Å². The van der Waals surface area contributed by atoms with Crippen LogP contribution in [0.2, 0.25) is 0 Å². The standard InChI is InChI=1S/C25H22N2O4/c1-3-15-30-22-13-9-20(10-14-22)24(28)27-26-17-19-7-11-23(12-8-19)31-25(29)21-6-4-5-18(2)16-21/h3-14,16-17H,1,15H2,2H3,(H,27,28)/b26-17+. The van der Waals surface area contributed by atoms with Gasteiger partial charge in [-0.3, -0.25) is 4.79 Å². The van der Waals surface area contributed by atoms with Crippen LogP contribution in [0.4, 0.5) is 0 Å². The zero-order valence-corrected chi connectivity index (χ0v) is 17.1. The Morgan fingerprint density at radius 3 is 2.35 bits per heavy atom. The minimum atomic E-state index is -0.418. The van der Waals surface area contributed by atoms with Crippen molar-refractivity contribution < 1.29 is 19.1 Å². The van der Waals surface area contributed by atoms with E-state index in [1.807, 2.05) is 19.1 Å². The predicted octanol–water partition coefficient (Wildman–Crippen LogP) is 4.54. The van der Waals surface area contributed by atoms with Crippen molar-refractivity contribution in [2.24, 2.45) is 5.10 Å². The average molecular weight is 414 g/mol. The normalized spacial score (nSPS) is 10.5. The molecule has 0 saturated heterocycles. The lowest BCUT2D eigenvalue weighted by atomic mass is 10.1. The van der Waals surface area contributed by atoms with Gasteiger partial charge in [-0.1, -0.05) is 30.4 Å². The van der Waals surface area contributed by atoms with Crippen LogP contribution in [-0.4, -0.2) is 24.7 Å². The third-order valence-corrected chi connectivity index (χ3v) is 4.21. The number of hydrazone groups is 1. The summed E-state index contributed by atoms with van der Waals surface area (Å²) in [5, 5.41) is 3.96. The fourth-order valence-electron chi connectivity index (χ4n) is 2.65. The molecule has 0 bridgehead atoms. The maximum Gasteiger partial charge on any atom is 0.343 e. The molecule has 0 aliphatic heterocycles. The molecular formula is C25H22N2O4. The number of esters is 1. The number of ether oxygens (including phenoxy) is 2. The van der Waals surface area contributed by atoms with Crippen molar-refractivity contribution in [2.45, 2.75) is 6.92 Å². The molecule has 0 radical (unpaired) electrons. The molecule has 0 aliphatic carbocycles. The number of carbonyl (C=O) groups is 2. The zero-order chi connectivity index (χ0) is 22.1. The maximum absolute atomic E-state index is 12.2. The molecule has 3 rings (SSSR count). The number of hydrogen-bond donors (Lipinski definition) is 1. The highest BCUT2D eigenvalue weighted by Gasteiger charge is 2.08. The molecule has 1 amide bonds. The van der Waals surface area contributed by atoms with Gasteiger partial charge in [0.25, 0.3) is 5.91 Å². The molecular weight excluding hydrogens is 392 g/mol. The summed E-state index contributed by atoms with van der Waals surface area (Å²) < 4.78 is 10.8. The van der Waals surface area contributed by atoms with E-state index in [2.05, 4.69) is 17.1 Å². The number of nitrogens with zero attached hydrogens (tertiary/aromatic N) is 1. The molecule has 0 heterocycles. The van der Waals surface area contributed by atoms with Crippen LogP contribution in [0.5, 0.6) is 11.5 Å². The molecule has 6 nitrogen and oxygen atoms in total. The molecule has 0 aliphatic rings. The molecule has 1 N–H and O–H groups in total. The number of carbonyl (C=O) groups excluding carboxylic acids is 2. The van der Waals surface area contributed by atoms with Crippen LogP contribution >= 0.6 is 0 Å². The molecule has 31 heavy (non-hydrogen) atoms. The van der Waals surface area contributed by atoms with Gasteiger partial charge in [0.15, 0.2) is 0 Å². The van der Waals surface area contributed by atoms with E-state index >= 15 is 0 Å². The second-order valence-electron chi connectivity index (χ2n) is 6.65. The first kappa shape index (κ1) is 21.5. The summed E-state index contributed by atoms with van der Waals surface area (Å²) in [4.78, 5) is 24.4. The number of rotatable bonds is 8. The molecule has 0 spiro atoms. The number of aryl methyl sites for hydroxylation is 1. The molecule has 0 atom stereocenters. The summed E-state index contributed by atoms with van der Waals surface area (Å²) in [5.41, 5.74) is 5.15. The fraction of sp³-hybridized carbons (Fsp3) is 0.0800. The van der Waals surface area contributed by atoms with Crippen LogP contribution in [-0.2, 0) is 0 Å². The molecule has 0 aromatic heterocycles. The van der Waals surface area contributed by atoms with Crippen molar-refractivity contribution in [3.63, 3.8) is 0 Å². The van der Waals surface area contributed by atoms with Gasteiger partial charge >= 0.3 is 5.97 Å². The quantitative estimate of drug-likeness (QED) is 0.193. The van der Waals surface area contributed by atoms with E-state index in [1.165, 1.54) is 6.21 Å². The van der Waals surface area contributed by atoms with Crippen molar-refractivity contribution >= 4 is 18.1 Å². The average Bonchev–Trinajstić information content (AvgIpc) is 2.79. The lowest BCUT2D eigenvalue weighted by molar-refractivity contribution is 0.0734. The van der Waals surface area contributed by atoms with E-state index in [-0.39, 0.29) is 5.91 Å². The Kier molecular flexibility index (Phi) is 7.32. The Hall–Kier alpha value is -4.19. The highest BCUT2D eigenvalue weighted by atomic mass is 16.5. The van der Waals surface area contributed by atoms with E-state index in [9.17, 15) is 9.59 Å². The first-order chi connectivity index (χ1) is 15.0. The van der Waals surface area contributed by atoms with Gasteiger partial charge in [0.1, 0.15) is 18.1 Å². The molecule has 3 aromatic carbocycles. The van der Waals surface area contributed by atoms with Gasteiger partial charge in [0, 0.05) is 5.56 Å². The largest absolute Gasteiger partial charge is 0.490 e. The second-order valence-corrected chi connectivity index (χ2v) is 6.65. The van der Waals surface area contributed by atoms with Crippen molar-refractivity contribution in [3.05, 3.63) is 108 Å². The maximum atomic E-state index is 12.2. The van der Waals surface area contributed by atoms with Gasteiger partial charge in [0.05, 0.1) is 11.8 Å². The van der Waals surface area contributed by atoms with Crippen LogP contribution in [0.3, 0.4) is 0 Å². The van der Waals surface area contributed by atoms with Gasteiger partial charge in [-0.15, -0.1) is 0 Å². The SMILES string of the molecule is C=CCOc1ccc(C(=O)N/N=C/c2ccc(OC(=O)c3cccc(C)c3)cc2)cc1. The molecule has 3 aromatic rings. The van der Waals surface area contributed by atoms with Crippen LogP contribution < -0.4 is 14.9 Å². The third-order valence-electron chi connectivity index (χ3n) is 4.21. The fourth-order valence-corrected chi connectivity index (χ4v) is 2.65. The van der Waals surface area contributed by atoms with Crippen molar-refractivity contribution in [1.82, 2.24) is 5.43 Å². The summed E-state index contributed by atoms with van der Waals surface area (Å²) in [6.45, 7) is 5.90. The highest BCUT2D eigenvalue weighted by molar-refractivity contribution is 5.95. The van der Waals surface area contributed by atoms with Crippen LogP contribution in [0.25, 0.3) is 0 Å². The summed E-state index contributed by atoms with van der Waals surface area (Å²) in [5.74, 6) is 0.322. The van der Waals surface area contributed by atoms with Crippen molar-refractivity contribution in [1.29, 1.82) is 0 Å². The Morgan fingerprint density at radius 2 is 1.68 bits per heavy atom. The minimum Gasteiger partial charge on any atom is -0.490 e. The smallest absolute Gasteiger partial charge is 0.343 e. The van der Waals surface area contributed by atoms with Crippen LogP contribution in [0.15, 0.2) is 90.6 Å². The van der Waals surface area contributed by atoms with E-state index in [1.54, 1.807) is 66.7 Å². The van der Waals surface area contributed by atoms with Crippen LogP contribution in [0, 0.1) is 6.92 Å². The molecule has 0 unspecified atom stereocenters. The lowest BCUT2D eigenvalue weighted by Gasteiger charge is -2.05. The summed E-state index contributed by atoms with van der Waals surface area (Å²) in [6, 6.07) is 20.7. The third kappa shape index (κ3) is 6.40. The number of benzene rings is 3. The predicted molar refractivity (Wildman–Crippen MR) is 120 cm³/mol. The van der Waals surface area contributed by atoms with Gasteiger partial charge in [-0.25, -0.2) is 10.2 Å². The monoisotopic (exact) mass is 414 g/mol. The van der Waals surface area contributed by atoms with Crippen molar-refractivity contribution in [2.75, 3.05) is 6.61 Å². The summed E-state index contributed by atoms with van der Waals surface area (Å²) >= 11 is 0. The first-order valence-corrected chi connectivity index (χ1v) is 9.61. The number of hydrogen-bond acceptors (Lipinski definition) is 5. The molecule has 0 saturated carbocycles. The van der Waals surface area contributed by atoms with Gasteiger partial charge in [-0.2, -0.15) is 5.10 Å². The lowest BCUT2D eigenvalue weighted by Crippen LogP contribution is -2.17. The number of nitrogens with one attached hydrogen (secondary N) is 1. The number of amides is 1. The van der Waals surface area contributed by atoms with Crippen LogP contribution in [0.1, 0.15) is 31.8 Å². The van der Waals surface area contributed by atoms with Gasteiger partial charge in [0.2, 0.25) is 0 Å².